The first-order valence-corrected chi connectivity index (χ1v) is 31.3. The van der Waals surface area contributed by atoms with Crippen LogP contribution in [-0.2, 0) is 0 Å². The van der Waals surface area contributed by atoms with E-state index in [-0.39, 0.29) is 0 Å². The molecule has 5 aromatic heterocycles. The summed E-state index contributed by atoms with van der Waals surface area (Å²) in [5, 5.41) is 23.7. The van der Waals surface area contributed by atoms with Gasteiger partial charge >= 0.3 is 0 Å². The standard InChI is InChI=1S/C87H51N5/c1-2-17-64-63(16-1)75-44-53(26-32-67(75)69-36-30-57(48-77(64)69)82-23-5-8-39-88-82)60-38-43-92-87-62(21-12-22-73(60)87)55-28-34-70-68-33-27-54(61-20-11-14-52-15-13-42-91-86(52)61)45-76(68)71-35-29-56(47-80(71)79(70)46-55)74-50-59(84-25-7-10-41-90-84)51-81-66-19-4-3-18-65(66)78-49-58(31-37-72(78)85(74)81)83-24-6-9-40-89-83/h1-51H. The van der Waals surface area contributed by atoms with E-state index in [2.05, 4.69) is 255 Å². The van der Waals surface area contributed by atoms with Gasteiger partial charge < -0.3 is 0 Å². The van der Waals surface area contributed by atoms with Gasteiger partial charge in [0.25, 0.3) is 0 Å². The molecule has 0 fully saturated rings. The maximum Gasteiger partial charge on any atom is 0.0786 e. The molecular weight excluding hydrogens is 1110 g/mol. The number of para-hydroxylation sites is 2. The molecule has 5 heterocycles. The summed E-state index contributed by atoms with van der Waals surface area (Å²) in [6.45, 7) is 0. The van der Waals surface area contributed by atoms with E-state index >= 15 is 0 Å². The molecule has 0 aliphatic heterocycles. The van der Waals surface area contributed by atoms with Gasteiger partial charge in [-0.05, 0) is 227 Å². The summed E-state index contributed by atoms with van der Waals surface area (Å²) < 4.78 is 0. The second-order valence-corrected chi connectivity index (χ2v) is 24.2. The van der Waals surface area contributed by atoms with Crippen molar-refractivity contribution in [2.75, 3.05) is 0 Å². The van der Waals surface area contributed by atoms with Crippen molar-refractivity contribution < 1.29 is 0 Å². The molecule has 0 aliphatic rings. The fourth-order valence-corrected chi connectivity index (χ4v) is 15.0. The minimum absolute atomic E-state index is 0.924. The van der Waals surface area contributed by atoms with Gasteiger partial charge in [-0.2, -0.15) is 0 Å². The first-order chi connectivity index (χ1) is 45.6. The maximum absolute atomic E-state index is 5.25. The highest BCUT2D eigenvalue weighted by Crippen LogP contribution is 2.48. The highest BCUT2D eigenvalue weighted by atomic mass is 14.7. The van der Waals surface area contributed by atoms with E-state index in [0.717, 1.165) is 105 Å². The van der Waals surface area contributed by atoms with Gasteiger partial charge in [0, 0.05) is 69.6 Å². The zero-order valence-electron chi connectivity index (χ0n) is 49.7. The van der Waals surface area contributed by atoms with Gasteiger partial charge in [-0.1, -0.05) is 182 Å². The number of benzene rings is 14. The lowest BCUT2D eigenvalue weighted by atomic mass is 9.85. The first-order valence-electron chi connectivity index (χ1n) is 31.3. The Labute approximate surface area is 528 Å². The Bertz CT molecular complexity index is 6280. The third-order valence-corrected chi connectivity index (χ3v) is 19.2. The minimum Gasteiger partial charge on any atom is -0.256 e. The fourth-order valence-electron chi connectivity index (χ4n) is 15.0. The summed E-state index contributed by atoms with van der Waals surface area (Å²) in [4.78, 5) is 24.6. The average Bonchev–Trinajstić information content (AvgIpc) is 0.735. The Kier molecular flexibility index (Phi) is 11.6. The summed E-state index contributed by atoms with van der Waals surface area (Å²) in [6, 6.07) is 102. The van der Waals surface area contributed by atoms with Crippen LogP contribution in [-0.4, -0.2) is 24.9 Å². The second kappa shape index (κ2) is 20.6. The van der Waals surface area contributed by atoms with Crippen LogP contribution in [0.4, 0.5) is 0 Å². The summed E-state index contributed by atoms with van der Waals surface area (Å²) in [7, 11) is 0. The number of nitrogens with zero attached hydrogens (tertiary/aromatic N) is 5. The molecule has 0 aliphatic carbocycles. The van der Waals surface area contributed by atoms with Crippen LogP contribution in [0.25, 0.3) is 197 Å². The smallest absolute Gasteiger partial charge is 0.0786 e. The molecular formula is C87H51N5. The SMILES string of the molecule is c1ccc(-c2ccc3c4ccc(-c5ccnc6c(-c7ccc8c9ccc(-c%10cccc%11cccnc%10%11)cc9c9ccc(-c%10cc(-c%11ccccn%11)cc%11c%12ccccc%12c%12cc(-c%13ccccn%13)ccc%12c%10%11)cc9c8c7)cccc56)cc4c4ccccc4c3c2)nc1. The van der Waals surface area contributed by atoms with Gasteiger partial charge in [0.15, 0.2) is 0 Å². The highest BCUT2D eigenvalue weighted by Gasteiger charge is 2.21. The van der Waals surface area contributed by atoms with Crippen molar-refractivity contribution in [1.82, 2.24) is 24.9 Å². The molecule has 5 nitrogen and oxygen atoms in total. The van der Waals surface area contributed by atoms with E-state index in [1.165, 1.54) is 91.6 Å². The van der Waals surface area contributed by atoms with Gasteiger partial charge in [-0.25, -0.2) is 0 Å². The van der Waals surface area contributed by atoms with Gasteiger partial charge in [-0.15, -0.1) is 0 Å². The number of fused-ring (bicyclic) bond motifs is 20. The topological polar surface area (TPSA) is 64.5 Å². The molecule has 0 unspecified atom stereocenters. The van der Waals surface area contributed by atoms with Crippen molar-refractivity contribution in [1.29, 1.82) is 0 Å². The fraction of sp³-hybridized carbons (Fsp3) is 0. The molecule has 19 aromatic rings. The van der Waals surface area contributed by atoms with Crippen LogP contribution in [0, 0.1) is 0 Å². The highest BCUT2D eigenvalue weighted by molar-refractivity contribution is 6.32. The molecule has 92 heavy (non-hydrogen) atoms. The Morgan fingerprint density at radius 2 is 0.522 bits per heavy atom. The number of aromatic nitrogens is 5. The predicted octanol–water partition coefficient (Wildman–Crippen LogP) is 23.0. The summed E-state index contributed by atoms with van der Waals surface area (Å²) in [5.41, 5.74) is 17.0. The third kappa shape index (κ3) is 8.16. The van der Waals surface area contributed by atoms with E-state index in [9.17, 15) is 0 Å². The predicted molar refractivity (Wildman–Crippen MR) is 386 cm³/mol. The van der Waals surface area contributed by atoms with Crippen LogP contribution in [0.5, 0.6) is 0 Å². The van der Waals surface area contributed by atoms with Crippen LogP contribution in [0.3, 0.4) is 0 Å². The summed E-state index contributed by atoms with van der Waals surface area (Å²) in [5.74, 6) is 0. The molecule has 0 saturated carbocycles. The third-order valence-electron chi connectivity index (χ3n) is 19.2. The van der Waals surface area contributed by atoms with E-state index in [1.807, 2.05) is 55.2 Å². The van der Waals surface area contributed by atoms with Crippen molar-refractivity contribution in [3.8, 4) is 78.3 Å². The first kappa shape index (κ1) is 51.7. The van der Waals surface area contributed by atoms with Crippen LogP contribution in [0.15, 0.2) is 310 Å². The molecule has 0 amide bonds. The lowest BCUT2D eigenvalue weighted by Crippen LogP contribution is -1.93. The van der Waals surface area contributed by atoms with Crippen molar-refractivity contribution in [3.63, 3.8) is 0 Å². The summed E-state index contributed by atoms with van der Waals surface area (Å²) >= 11 is 0. The van der Waals surface area contributed by atoms with Gasteiger partial charge in [-0.3, -0.25) is 24.9 Å². The Balaban J connectivity index is 0.833. The average molecular weight is 1170 g/mol. The number of hydrogen-bond donors (Lipinski definition) is 0. The molecule has 14 aromatic carbocycles. The van der Waals surface area contributed by atoms with Crippen LogP contribution in [0.1, 0.15) is 0 Å². The van der Waals surface area contributed by atoms with E-state index in [4.69, 9.17) is 24.9 Å². The van der Waals surface area contributed by atoms with Crippen molar-refractivity contribution >= 4 is 119 Å². The lowest BCUT2D eigenvalue weighted by molar-refractivity contribution is 1.33. The quantitative estimate of drug-likeness (QED) is 0.149. The molecule has 19 rings (SSSR count). The molecule has 0 N–H and O–H groups in total. The van der Waals surface area contributed by atoms with Crippen LogP contribution in [0.2, 0.25) is 0 Å². The molecule has 0 radical (unpaired) electrons. The van der Waals surface area contributed by atoms with E-state index in [0.29, 0.717) is 0 Å². The zero-order valence-corrected chi connectivity index (χ0v) is 49.7. The van der Waals surface area contributed by atoms with E-state index < -0.39 is 0 Å². The van der Waals surface area contributed by atoms with Crippen LogP contribution >= 0.6 is 0 Å². The Morgan fingerprint density at radius 3 is 1.07 bits per heavy atom. The van der Waals surface area contributed by atoms with Gasteiger partial charge in [0.1, 0.15) is 0 Å². The molecule has 5 heteroatoms. The summed E-state index contributed by atoms with van der Waals surface area (Å²) in [6.07, 6.45) is 9.50. The number of rotatable bonds is 7. The number of hydrogen-bond acceptors (Lipinski definition) is 5. The zero-order chi connectivity index (χ0) is 60.4. The lowest BCUT2D eigenvalue weighted by Gasteiger charge is -2.19. The minimum atomic E-state index is 0.924. The van der Waals surface area contributed by atoms with Crippen molar-refractivity contribution in [2.45, 2.75) is 0 Å². The van der Waals surface area contributed by atoms with Gasteiger partial charge in [0.2, 0.25) is 0 Å². The Morgan fingerprint density at radius 1 is 0.163 bits per heavy atom. The van der Waals surface area contributed by atoms with Gasteiger partial charge in [0.05, 0.1) is 28.1 Å². The largest absolute Gasteiger partial charge is 0.256 e. The van der Waals surface area contributed by atoms with Crippen molar-refractivity contribution in [3.05, 3.63) is 310 Å². The monoisotopic (exact) mass is 1170 g/mol. The molecule has 0 atom stereocenters. The molecule has 0 spiro atoms. The number of pyridine rings is 5. The Hall–Kier alpha value is -12.3. The molecule has 424 valence electrons. The van der Waals surface area contributed by atoms with E-state index in [1.54, 1.807) is 0 Å². The molecule has 0 bridgehead atoms. The van der Waals surface area contributed by atoms with Crippen molar-refractivity contribution in [2.24, 2.45) is 0 Å². The second-order valence-electron chi connectivity index (χ2n) is 24.2. The van der Waals surface area contributed by atoms with Crippen LogP contribution < -0.4 is 0 Å². The maximum atomic E-state index is 5.25. The molecule has 0 saturated heterocycles. The normalized spacial score (nSPS) is 11.9.